The van der Waals surface area contributed by atoms with Crippen LogP contribution >= 0.6 is 11.6 Å². The van der Waals surface area contributed by atoms with Gasteiger partial charge in [0, 0.05) is 11.3 Å². The molecule has 3 rings (SSSR count). The van der Waals surface area contributed by atoms with E-state index in [1.54, 1.807) is 19.1 Å². The number of nitrogens with one attached hydrogen (secondary N) is 1. The summed E-state index contributed by atoms with van der Waals surface area (Å²) in [6.07, 6.45) is 4.12. The first-order valence-corrected chi connectivity index (χ1v) is 7.10. The largest absolute Gasteiger partial charge is 0.324 e. The van der Waals surface area contributed by atoms with E-state index in [9.17, 15) is 4.39 Å². The van der Waals surface area contributed by atoms with Gasteiger partial charge in [-0.05, 0) is 50.3 Å². The summed E-state index contributed by atoms with van der Waals surface area (Å²) in [7, 11) is 0. The van der Waals surface area contributed by atoms with Crippen molar-refractivity contribution in [3.05, 3.63) is 46.0 Å². The second-order valence-electron chi connectivity index (χ2n) is 5.06. The van der Waals surface area contributed by atoms with Crippen molar-refractivity contribution in [1.82, 2.24) is 9.97 Å². The normalized spacial score (nSPS) is 13.9. The monoisotopic (exact) mass is 291 g/mol. The lowest BCUT2D eigenvalue weighted by molar-refractivity contribution is 0.619. The zero-order valence-electron chi connectivity index (χ0n) is 11.2. The van der Waals surface area contributed by atoms with Crippen LogP contribution in [0, 0.1) is 12.7 Å². The first-order valence-electron chi connectivity index (χ1n) is 6.72. The molecule has 1 heterocycles. The Bertz CT molecular complexity index is 658. The summed E-state index contributed by atoms with van der Waals surface area (Å²) in [5.41, 5.74) is 3.30. The highest BCUT2D eigenvalue weighted by Crippen LogP contribution is 2.27. The zero-order chi connectivity index (χ0) is 14.1. The molecule has 0 radical (unpaired) electrons. The molecule has 3 nitrogen and oxygen atoms in total. The van der Waals surface area contributed by atoms with Crippen LogP contribution in [0.4, 0.5) is 16.0 Å². The Hall–Kier alpha value is -1.68. The Morgan fingerprint density at radius 3 is 2.80 bits per heavy atom. The van der Waals surface area contributed by atoms with Crippen LogP contribution in [0.3, 0.4) is 0 Å². The van der Waals surface area contributed by atoms with Crippen molar-refractivity contribution in [2.24, 2.45) is 0 Å². The third-order valence-corrected chi connectivity index (χ3v) is 3.87. The summed E-state index contributed by atoms with van der Waals surface area (Å²) < 4.78 is 13.5. The molecule has 0 amide bonds. The fraction of sp³-hybridized carbons (Fsp3) is 0.333. The number of halogens is 2. The number of fused-ring (bicyclic) bond motifs is 1. The first-order chi connectivity index (χ1) is 9.63. The van der Waals surface area contributed by atoms with E-state index in [1.807, 2.05) is 0 Å². The van der Waals surface area contributed by atoms with Crippen molar-refractivity contribution in [3.8, 4) is 0 Å². The molecule has 1 aromatic carbocycles. The Kier molecular flexibility index (Phi) is 3.57. The van der Waals surface area contributed by atoms with Gasteiger partial charge in [0.05, 0.1) is 5.69 Å². The van der Waals surface area contributed by atoms with Gasteiger partial charge in [-0.2, -0.15) is 0 Å². The maximum Gasteiger partial charge on any atom is 0.228 e. The molecule has 1 aliphatic rings. The van der Waals surface area contributed by atoms with Gasteiger partial charge in [0.1, 0.15) is 11.0 Å². The van der Waals surface area contributed by atoms with Gasteiger partial charge < -0.3 is 5.32 Å². The molecule has 1 aromatic heterocycles. The van der Waals surface area contributed by atoms with E-state index in [2.05, 4.69) is 15.3 Å². The van der Waals surface area contributed by atoms with Crippen LogP contribution in [0.25, 0.3) is 0 Å². The third kappa shape index (κ3) is 2.61. The molecular weight excluding hydrogens is 277 g/mol. The average molecular weight is 292 g/mol. The first kappa shape index (κ1) is 13.3. The molecule has 104 valence electrons. The van der Waals surface area contributed by atoms with E-state index < -0.39 is 0 Å². The lowest BCUT2D eigenvalue weighted by atomic mass is 9.97. The molecule has 20 heavy (non-hydrogen) atoms. The van der Waals surface area contributed by atoms with E-state index in [-0.39, 0.29) is 5.82 Å². The van der Waals surface area contributed by atoms with Crippen molar-refractivity contribution in [3.63, 3.8) is 0 Å². The van der Waals surface area contributed by atoms with Gasteiger partial charge in [-0.3, -0.25) is 0 Å². The Morgan fingerprint density at radius 2 is 2.00 bits per heavy atom. The van der Waals surface area contributed by atoms with Crippen molar-refractivity contribution in [2.75, 3.05) is 5.32 Å². The van der Waals surface area contributed by atoms with Gasteiger partial charge in [0.25, 0.3) is 0 Å². The summed E-state index contributed by atoms with van der Waals surface area (Å²) in [5.74, 6) is 0.179. The Labute approximate surface area is 122 Å². The minimum Gasteiger partial charge on any atom is -0.324 e. The zero-order valence-corrected chi connectivity index (χ0v) is 12.0. The van der Waals surface area contributed by atoms with Crippen LogP contribution in [-0.4, -0.2) is 9.97 Å². The van der Waals surface area contributed by atoms with E-state index in [4.69, 9.17) is 11.6 Å². The summed E-state index contributed by atoms with van der Waals surface area (Å²) in [4.78, 5) is 8.75. The number of benzene rings is 1. The highest BCUT2D eigenvalue weighted by Gasteiger charge is 2.16. The highest BCUT2D eigenvalue weighted by atomic mass is 35.5. The van der Waals surface area contributed by atoms with Crippen molar-refractivity contribution < 1.29 is 4.39 Å². The molecule has 0 saturated heterocycles. The summed E-state index contributed by atoms with van der Waals surface area (Å²) >= 11 is 6.20. The predicted molar refractivity (Wildman–Crippen MR) is 78.1 cm³/mol. The molecule has 2 aromatic rings. The number of aryl methyl sites for hydroxylation is 2. The van der Waals surface area contributed by atoms with Gasteiger partial charge >= 0.3 is 0 Å². The predicted octanol–water partition coefficient (Wildman–Crippen LogP) is 4.20. The molecule has 1 N–H and O–H groups in total. The fourth-order valence-electron chi connectivity index (χ4n) is 2.40. The van der Waals surface area contributed by atoms with E-state index >= 15 is 0 Å². The van der Waals surface area contributed by atoms with Crippen LogP contribution in [0.1, 0.15) is 29.7 Å². The number of hydrogen-bond donors (Lipinski definition) is 1. The van der Waals surface area contributed by atoms with Crippen LogP contribution in [0.2, 0.25) is 5.15 Å². The van der Waals surface area contributed by atoms with Crippen molar-refractivity contribution in [2.45, 2.75) is 32.6 Å². The number of rotatable bonds is 2. The van der Waals surface area contributed by atoms with Gasteiger partial charge in [-0.1, -0.05) is 17.7 Å². The van der Waals surface area contributed by atoms with Crippen molar-refractivity contribution >= 4 is 23.2 Å². The molecule has 5 heteroatoms. The number of anilines is 2. The smallest absolute Gasteiger partial charge is 0.228 e. The maximum absolute atomic E-state index is 13.5. The minimum absolute atomic E-state index is 0.251. The molecule has 0 fully saturated rings. The van der Waals surface area contributed by atoms with Gasteiger partial charge in [0.15, 0.2) is 0 Å². The summed E-state index contributed by atoms with van der Waals surface area (Å²) in [6.45, 7) is 1.73. The molecule has 1 aliphatic carbocycles. The quantitative estimate of drug-likeness (QED) is 0.843. The molecule has 0 atom stereocenters. The highest BCUT2D eigenvalue weighted by molar-refractivity contribution is 6.30. The van der Waals surface area contributed by atoms with Crippen molar-refractivity contribution in [1.29, 1.82) is 0 Å². The second-order valence-corrected chi connectivity index (χ2v) is 5.42. The molecule has 0 spiro atoms. The second kappa shape index (κ2) is 5.37. The summed E-state index contributed by atoms with van der Waals surface area (Å²) in [6, 6.07) is 4.96. The van der Waals surface area contributed by atoms with E-state index in [0.29, 0.717) is 22.4 Å². The van der Waals surface area contributed by atoms with E-state index in [1.165, 1.54) is 6.07 Å². The molecule has 0 aliphatic heterocycles. The molecule has 0 saturated carbocycles. The van der Waals surface area contributed by atoms with Crippen LogP contribution in [0.5, 0.6) is 0 Å². The van der Waals surface area contributed by atoms with Gasteiger partial charge in [-0.15, -0.1) is 0 Å². The third-order valence-electron chi connectivity index (χ3n) is 3.56. The van der Waals surface area contributed by atoms with Crippen LogP contribution in [-0.2, 0) is 12.8 Å². The van der Waals surface area contributed by atoms with E-state index in [0.717, 1.165) is 36.9 Å². The number of hydrogen-bond acceptors (Lipinski definition) is 3. The lowest BCUT2D eigenvalue weighted by Crippen LogP contribution is -2.10. The van der Waals surface area contributed by atoms with Gasteiger partial charge in [-0.25, -0.2) is 14.4 Å². The Morgan fingerprint density at radius 1 is 1.20 bits per heavy atom. The summed E-state index contributed by atoms with van der Waals surface area (Å²) in [5, 5.41) is 3.52. The average Bonchev–Trinajstić information content (AvgIpc) is 2.43. The molecule has 0 unspecified atom stereocenters. The molecule has 0 bridgehead atoms. The SMILES string of the molecule is Cc1ccc(Nc2nc(Cl)c3c(n2)CCCC3)cc1F. The van der Waals surface area contributed by atoms with Crippen LogP contribution < -0.4 is 5.32 Å². The fourth-order valence-corrected chi connectivity index (χ4v) is 2.69. The van der Waals surface area contributed by atoms with Gasteiger partial charge in [0.2, 0.25) is 5.95 Å². The minimum atomic E-state index is -0.251. The number of nitrogens with zero attached hydrogens (tertiary/aromatic N) is 2. The maximum atomic E-state index is 13.5. The van der Waals surface area contributed by atoms with Crippen LogP contribution in [0.15, 0.2) is 18.2 Å². The Balaban J connectivity index is 1.90. The lowest BCUT2D eigenvalue weighted by Gasteiger charge is -2.17. The topological polar surface area (TPSA) is 37.8 Å². The molecular formula is C15H15ClFN3. The standard InChI is InChI=1S/C15H15ClFN3/c1-9-6-7-10(8-12(9)17)18-15-19-13-5-3-2-4-11(13)14(16)20-15/h6-8H,2-5H2,1H3,(H,18,19,20). The number of aromatic nitrogens is 2.